The topological polar surface area (TPSA) is 15.3 Å². The lowest BCUT2D eigenvalue weighted by Crippen LogP contribution is -2.59. The quantitative estimate of drug-likeness (QED) is 0.867. The van der Waals surface area contributed by atoms with Gasteiger partial charge in [-0.15, -0.1) is 0 Å². The zero-order chi connectivity index (χ0) is 14.3. The molecule has 2 atom stereocenters. The van der Waals surface area contributed by atoms with E-state index in [-0.39, 0.29) is 0 Å². The van der Waals surface area contributed by atoms with Crippen molar-refractivity contribution < 1.29 is 0 Å². The molecule has 2 fully saturated rings. The summed E-state index contributed by atoms with van der Waals surface area (Å²) in [6.07, 6.45) is 2.76. The summed E-state index contributed by atoms with van der Waals surface area (Å²) in [4.78, 5) is 2.53. The molecule has 1 saturated carbocycles. The summed E-state index contributed by atoms with van der Waals surface area (Å²) >= 11 is 10.0. The zero-order valence-corrected chi connectivity index (χ0v) is 14.4. The molecule has 0 aromatic heterocycles. The first kappa shape index (κ1) is 14.7. The van der Waals surface area contributed by atoms with Crippen molar-refractivity contribution in [1.82, 2.24) is 5.32 Å². The fraction of sp³-hybridized carbons (Fsp3) is 0.625. The molecule has 0 radical (unpaired) electrons. The van der Waals surface area contributed by atoms with Crippen molar-refractivity contribution in [2.24, 2.45) is 11.8 Å². The Morgan fingerprint density at radius 1 is 1.35 bits per heavy atom. The Hall–Kier alpha value is -0.250. The Bertz CT molecular complexity index is 487. The Kier molecular flexibility index (Phi) is 4.30. The minimum atomic E-state index is 0.511. The van der Waals surface area contributed by atoms with Crippen LogP contribution in [0.15, 0.2) is 22.7 Å². The van der Waals surface area contributed by atoms with Crippen molar-refractivity contribution >= 4 is 33.2 Å². The maximum Gasteiger partial charge on any atom is 0.0640 e. The van der Waals surface area contributed by atoms with Crippen LogP contribution in [0.25, 0.3) is 0 Å². The summed E-state index contributed by atoms with van der Waals surface area (Å²) in [5.74, 6) is 1.48. The second kappa shape index (κ2) is 5.86. The number of piperazine rings is 1. The first-order valence-electron chi connectivity index (χ1n) is 7.51. The third kappa shape index (κ3) is 3.00. The van der Waals surface area contributed by atoms with Crippen LogP contribution in [0, 0.1) is 11.8 Å². The predicted octanol–water partition coefficient (Wildman–Crippen LogP) is 4.32. The van der Waals surface area contributed by atoms with Gasteiger partial charge in [0.1, 0.15) is 0 Å². The second-order valence-electron chi connectivity index (χ2n) is 6.41. The molecule has 1 aromatic carbocycles. The maximum absolute atomic E-state index is 6.46. The SMILES string of the molecule is CC(C)C1CNC(C2CC2)CN1c1cc(Br)ccc1Cl. The molecule has 1 N–H and O–H groups in total. The van der Waals surface area contributed by atoms with Gasteiger partial charge in [0, 0.05) is 29.6 Å². The molecule has 0 spiro atoms. The highest BCUT2D eigenvalue weighted by atomic mass is 79.9. The van der Waals surface area contributed by atoms with Gasteiger partial charge in [0.25, 0.3) is 0 Å². The van der Waals surface area contributed by atoms with Crippen LogP contribution >= 0.6 is 27.5 Å². The normalized spacial score (nSPS) is 27.1. The second-order valence-corrected chi connectivity index (χ2v) is 7.73. The van der Waals surface area contributed by atoms with Gasteiger partial charge >= 0.3 is 0 Å². The van der Waals surface area contributed by atoms with E-state index < -0.39 is 0 Å². The van der Waals surface area contributed by atoms with Gasteiger partial charge in [-0.3, -0.25) is 0 Å². The van der Waals surface area contributed by atoms with Crippen LogP contribution in [0.5, 0.6) is 0 Å². The highest BCUT2D eigenvalue weighted by Crippen LogP contribution is 2.38. The minimum absolute atomic E-state index is 0.511. The lowest BCUT2D eigenvalue weighted by Gasteiger charge is -2.44. The molecule has 20 heavy (non-hydrogen) atoms. The molecular formula is C16H22BrClN2. The van der Waals surface area contributed by atoms with Crippen molar-refractivity contribution in [3.05, 3.63) is 27.7 Å². The van der Waals surface area contributed by atoms with E-state index in [0.29, 0.717) is 18.0 Å². The number of anilines is 1. The Morgan fingerprint density at radius 2 is 2.10 bits per heavy atom. The number of nitrogens with zero attached hydrogens (tertiary/aromatic N) is 1. The van der Waals surface area contributed by atoms with Gasteiger partial charge in [-0.2, -0.15) is 0 Å². The molecule has 0 amide bonds. The summed E-state index contributed by atoms with van der Waals surface area (Å²) < 4.78 is 1.10. The Morgan fingerprint density at radius 3 is 2.75 bits per heavy atom. The summed E-state index contributed by atoms with van der Waals surface area (Å²) in [5.41, 5.74) is 1.17. The van der Waals surface area contributed by atoms with Crippen LogP contribution in [0.2, 0.25) is 5.02 Å². The fourth-order valence-corrected chi connectivity index (χ4v) is 3.76. The molecule has 2 nitrogen and oxygen atoms in total. The van der Waals surface area contributed by atoms with Crippen LogP contribution in [-0.2, 0) is 0 Å². The van der Waals surface area contributed by atoms with E-state index in [1.54, 1.807) is 0 Å². The zero-order valence-electron chi connectivity index (χ0n) is 12.1. The van der Waals surface area contributed by atoms with Gasteiger partial charge in [-0.05, 0) is 42.9 Å². The molecule has 2 aliphatic rings. The molecule has 0 bridgehead atoms. The van der Waals surface area contributed by atoms with E-state index in [0.717, 1.165) is 28.5 Å². The maximum atomic E-state index is 6.46. The smallest absolute Gasteiger partial charge is 0.0640 e. The van der Waals surface area contributed by atoms with Crippen LogP contribution in [-0.4, -0.2) is 25.2 Å². The van der Waals surface area contributed by atoms with Crippen LogP contribution in [0.1, 0.15) is 26.7 Å². The number of benzene rings is 1. The molecule has 1 aliphatic heterocycles. The number of halogens is 2. The predicted molar refractivity (Wildman–Crippen MR) is 89.6 cm³/mol. The number of rotatable bonds is 3. The Labute approximate surface area is 135 Å². The highest BCUT2D eigenvalue weighted by molar-refractivity contribution is 9.10. The largest absolute Gasteiger partial charge is 0.364 e. The van der Waals surface area contributed by atoms with Gasteiger partial charge in [0.15, 0.2) is 0 Å². The van der Waals surface area contributed by atoms with Crippen molar-refractivity contribution in [1.29, 1.82) is 0 Å². The third-order valence-electron chi connectivity index (χ3n) is 4.56. The van der Waals surface area contributed by atoms with Crippen LogP contribution in [0.3, 0.4) is 0 Å². The van der Waals surface area contributed by atoms with Crippen molar-refractivity contribution in [3.8, 4) is 0 Å². The number of nitrogens with one attached hydrogen (secondary N) is 1. The lowest BCUT2D eigenvalue weighted by atomic mass is 9.96. The van der Waals surface area contributed by atoms with Crippen LogP contribution in [0.4, 0.5) is 5.69 Å². The minimum Gasteiger partial charge on any atom is -0.364 e. The standard InChI is InChI=1S/C16H22BrClN2/c1-10(2)16-8-19-14(11-3-4-11)9-20(16)15-7-12(17)5-6-13(15)18/h5-7,10-11,14,16,19H,3-4,8-9H2,1-2H3. The Balaban J connectivity index is 1.89. The molecule has 1 aromatic rings. The van der Waals surface area contributed by atoms with E-state index >= 15 is 0 Å². The molecule has 4 heteroatoms. The van der Waals surface area contributed by atoms with Crippen molar-refractivity contribution in [3.63, 3.8) is 0 Å². The molecule has 3 rings (SSSR count). The van der Waals surface area contributed by atoms with E-state index in [1.165, 1.54) is 18.5 Å². The third-order valence-corrected chi connectivity index (χ3v) is 5.37. The number of hydrogen-bond donors (Lipinski definition) is 1. The van der Waals surface area contributed by atoms with Gasteiger partial charge in [0.05, 0.1) is 10.7 Å². The monoisotopic (exact) mass is 356 g/mol. The highest BCUT2D eigenvalue weighted by Gasteiger charge is 2.38. The number of hydrogen-bond acceptors (Lipinski definition) is 2. The van der Waals surface area contributed by atoms with Gasteiger partial charge in [-0.1, -0.05) is 41.4 Å². The molecule has 2 unspecified atom stereocenters. The average Bonchev–Trinajstić information content (AvgIpc) is 3.25. The van der Waals surface area contributed by atoms with Crippen LogP contribution < -0.4 is 10.2 Å². The summed E-state index contributed by atoms with van der Waals surface area (Å²) in [7, 11) is 0. The molecule has 110 valence electrons. The first-order valence-corrected chi connectivity index (χ1v) is 8.68. The molecule has 1 heterocycles. The first-order chi connectivity index (χ1) is 9.56. The van der Waals surface area contributed by atoms with Gasteiger partial charge < -0.3 is 10.2 Å². The molecule has 1 aliphatic carbocycles. The fourth-order valence-electron chi connectivity index (χ4n) is 3.19. The lowest BCUT2D eigenvalue weighted by molar-refractivity contribution is 0.320. The van der Waals surface area contributed by atoms with Gasteiger partial charge in [-0.25, -0.2) is 0 Å². The van der Waals surface area contributed by atoms with Crippen molar-refractivity contribution in [2.75, 3.05) is 18.0 Å². The van der Waals surface area contributed by atoms with E-state index in [9.17, 15) is 0 Å². The van der Waals surface area contributed by atoms with E-state index in [1.807, 2.05) is 12.1 Å². The molecule has 1 saturated heterocycles. The summed E-state index contributed by atoms with van der Waals surface area (Å²) in [5, 5.41) is 4.61. The molecular weight excluding hydrogens is 336 g/mol. The van der Waals surface area contributed by atoms with Crippen molar-refractivity contribution in [2.45, 2.75) is 38.8 Å². The summed E-state index contributed by atoms with van der Waals surface area (Å²) in [6, 6.07) is 7.30. The van der Waals surface area contributed by atoms with E-state index in [4.69, 9.17) is 11.6 Å². The summed E-state index contributed by atoms with van der Waals surface area (Å²) in [6.45, 7) is 6.72. The van der Waals surface area contributed by atoms with E-state index in [2.05, 4.69) is 46.1 Å². The average molecular weight is 358 g/mol. The van der Waals surface area contributed by atoms with Gasteiger partial charge in [0.2, 0.25) is 0 Å².